The molecule has 2 amide bonds. The van der Waals surface area contributed by atoms with Gasteiger partial charge in [0.1, 0.15) is 5.41 Å². The van der Waals surface area contributed by atoms with E-state index in [0.717, 1.165) is 34.2 Å². The largest absolute Gasteiger partial charge is 0.358 e. The van der Waals surface area contributed by atoms with Gasteiger partial charge < -0.3 is 16.0 Å². The van der Waals surface area contributed by atoms with E-state index in [1.165, 1.54) is 37.7 Å². The van der Waals surface area contributed by atoms with E-state index < -0.39 is 5.41 Å². The highest BCUT2D eigenvalue weighted by Crippen LogP contribution is 2.65. The van der Waals surface area contributed by atoms with E-state index in [0.29, 0.717) is 23.9 Å². The standard InChI is InChI=1S/C27H30ClN3O2/c1-29-24(32)27(8-9-27)25(33)31-21-5-3-20(4-6-21)30-23-7-2-19(12-22(23)28)26-13-16-10-17(14-26)18(11-16)15-26/h2-7,12,16-18,30H,8-11,13-15H2,1H3,(H,29,32)(H,31,33). The second kappa shape index (κ2) is 7.49. The number of amides is 2. The molecule has 5 aliphatic rings. The van der Waals surface area contributed by atoms with Crippen molar-refractivity contribution in [2.24, 2.45) is 23.2 Å². The Hall–Kier alpha value is -2.53. The number of hydrogen-bond acceptors (Lipinski definition) is 3. The van der Waals surface area contributed by atoms with Crippen molar-refractivity contribution >= 4 is 40.5 Å². The van der Waals surface area contributed by atoms with Gasteiger partial charge in [0.25, 0.3) is 0 Å². The summed E-state index contributed by atoms with van der Waals surface area (Å²) in [6.45, 7) is 0. The number of carbonyl (C=O) groups excluding carboxylic acids is 2. The zero-order valence-electron chi connectivity index (χ0n) is 18.9. The number of rotatable bonds is 6. The van der Waals surface area contributed by atoms with Crippen molar-refractivity contribution in [3.63, 3.8) is 0 Å². The van der Waals surface area contributed by atoms with Crippen LogP contribution in [0, 0.1) is 23.2 Å². The van der Waals surface area contributed by atoms with Crippen LogP contribution in [0.1, 0.15) is 50.5 Å². The van der Waals surface area contributed by atoms with Crippen LogP contribution in [0.4, 0.5) is 17.1 Å². The van der Waals surface area contributed by atoms with Crippen LogP contribution in [-0.4, -0.2) is 18.9 Å². The minimum atomic E-state index is -0.904. The van der Waals surface area contributed by atoms with E-state index in [9.17, 15) is 9.59 Å². The molecule has 2 aromatic carbocycles. The Morgan fingerprint density at radius 3 is 2.15 bits per heavy atom. The van der Waals surface area contributed by atoms with E-state index in [4.69, 9.17) is 11.6 Å². The molecule has 7 rings (SSSR count). The lowest BCUT2D eigenvalue weighted by molar-refractivity contribution is -0.134. The maximum absolute atomic E-state index is 12.6. The lowest BCUT2D eigenvalue weighted by atomic mass is 9.66. The van der Waals surface area contributed by atoms with Gasteiger partial charge in [-0.15, -0.1) is 0 Å². The zero-order chi connectivity index (χ0) is 22.8. The molecule has 4 bridgehead atoms. The quantitative estimate of drug-likeness (QED) is 0.486. The van der Waals surface area contributed by atoms with Gasteiger partial charge in [-0.1, -0.05) is 17.7 Å². The summed E-state index contributed by atoms with van der Waals surface area (Å²) in [7, 11) is 1.57. The monoisotopic (exact) mass is 463 g/mol. The van der Waals surface area contributed by atoms with Crippen molar-refractivity contribution < 1.29 is 9.59 Å². The average molecular weight is 464 g/mol. The smallest absolute Gasteiger partial charge is 0.240 e. The highest BCUT2D eigenvalue weighted by molar-refractivity contribution is 6.33. The number of anilines is 3. The fourth-order valence-electron chi connectivity index (χ4n) is 7.08. The Morgan fingerprint density at radius 1 is 0.909 bits per heavy atom. The number of benzene rings is 2. The van der Waals surface area contributed by atoms with Gasteiger partial charge in [0.2, 0.25) is 11.8 Å². The lowest BCUT2D eigenvalue weighted by Gasteiger charge is -2.39. The van der Waals surface area contributed by atoms with Crippen LogP contribution in [0.3, 0.4) is 0 Å². The van der Waals surface area contributed by atoms with Crippen molar-refractivity contribution in [2.75, 3.05) is 17.7 Å². The topological polar surface area (TPSA) is 70.2 Å². The molecule has 5 aliphatic carbocycles. The molecule has 0 aromatic heterocycles. The van der Waals surface area contributed by atoms with E-state index in [2.05, 4.69) is 34.1 Å². The van der Waals surface area contributed by atoms with E-state index in [-0.39, 0.29) is 11.8 Å². The van der Waals surface area contributed by atoms with E-state index in [1.54, 1.807) is 7.05 Å². The van der Waals surface area contributed by atoms with Gasteiger partial charge >= 0.3 is 0 Å². The molecule has 6 heteroatoms. The third kappa shape index (κ3) is 3.43. The van der Waals surface area contributed by atoms with Gasteiger partial charge in [-0.3, -0.25) is 9.59 Å². The maximum atomic E-state index is 12.6. The predicted octanol–water partition coefficient (Wildman–Crippen LogP) is 5.63. The number of halogens is 1. The SMILES string of the molecule is CNC(=O)C1(C(=O)Nc2ccc(Nc3ccc(C45CC6CC(C4)C(C6)C5)cc3Cl)cc2)CC1. The molecule has 0 heterocycles. The van der Waals surface area contributed by atoms with Gasteiger partial charge in [0, 0.05) is 18.4 Å². The van der Waals surface area contributed by atoms with E-state index in [1.807, 2.05) is 24.3 Å². The third-order valence-corrected chi connectivity index (χ3v) is 9.09. The number of hydrogen-bond donors (Lipinski definition) is 3. The molecule has 0 radical (unpaired) electrons. The van der Waals surface area contributed by atoms with Crippen molar-refractivity contribution in [1.29, 1.82) is 0 Å². The molecule has 2 unspecified atom stereocenters. The van der Waals surface area contributed by atoms with Crippen LogP contribution in [0.2, 0.25) is 5.02 Å². The summed E-state index contributed by atoms with van der Waals surface area (Å²) in [4.78, 5) is 24.6. The molecule has 0 aliphatic heterocycles. The molecule has 172 valence electrons. The van der Waals surface area contributed by atoms with Gasteiger partial charge in [-0.2, -0.15) is 0 Å². The Bertz CT molecular complexity index is 1110. The van der Waals surface area contributed by atoms with E-state index >= 15 is 0 Å². The molecule has 3 N–H and O–H groups in total. The second-order valence-corrected chi connectivity index (χ2v) is 11.2. The van der Waals surface area contributed by atoms with Gasteiger partial charge in [-0.05, 0) is 110 Å². The molecule has 33 heavy (non-hydrogen) atoms. The highest BCUT2D eigenvalue weighted by Gasteiger charge is 2.57. The maximum Gasteiger partial charge on any atom is 0.240 e. The summed E-state index contributed by atoms with van der Waals surface area (Å²) in [5, 5.41) is 9.62. The first-order chi connectivity index (χ1) is 15.9. The molecular weight excluding hydrogens is 434 g/mol. The first kappa shape index (κ1) is 21.0. The minimum absolute atomic E-state index is 0.214. The van der Waals surface area contributed by atoms with Crippen LogP contribution in [-0.2, 0) is 15.0 Å². The van der Waals surface area contributed by atoms with Gasteiger partial charge in [0.05, 0.1) is 10.7 Å². The predicted molar refractivity (Wildman–Crippen MR) is 131 cm³/mol. The van der Waals surface area contributed by atoms with Crippen LogP contribution in [0.5, 0.6) is 0 Å². The number of carbonyl (C=O) groups is 2. The molecule has 0 saturated heterocycles. The number of nitrogens with one attached hydrogen (secondary N) is 3. The Labute approximate surface area is 199 Å². The summed E-state index contributed by atoms with van der Waals surface area (Å²) < 4.78 is 0. The molecule has 0 spiro atoms. The Morgan fingerprint density at radius 2 is 1.58 bits per heavy atom. The van der Waals surface area contributed by atoms with Crippen LogP contribution in [0.25, 0.3) is 0 Å². The summed E-state index contributed by atoms with van der Waals surface area (Å²) in [5.41, 5.74) is 3.32. The molecule has 2 atom stereocenters. The lowest BCUT2D eigenvalue weighted by Crippen LogP contribution is -2.38. The second-order valence-electron chi connectivity index (χ2n) is 10.8. The highest BCUT2D eigenvalue weighted by atomic mass is 35.5. The molecule has 5 saturated carbocycles. The van der Waals surface area contributed by atoms with Crippen LogP contribution < -0.4 is 16.0 Å². The first-order valence-corrected chi connectivity index (χ1v) is 12.5. The van der Waals surface area contributed by atoms with Gasteiger partial charge in [0.15, 0.2) is 0 Å². The molecule has 5 nitrogen and oxygen atoms in total. The summed E-state index contributed by atoms with van der Waals surface area (Å²) >= 11 is 6.72. The minimum Gasteiger partial charge on any atom is -0.358 e. The molecular formula is C27H30ClN3O2. The Kier molecular flexibility index (Phi) is 4.77. The Balaban J connectivity index is 1.13. The van der Waals surface area contributed by atoms with Crippen molar-refractivity contribution in [3.8, 4) is 0 Å². The van der Waals surface area contributed by atoms with Crippen molar-refractivity contribution in [1.82, 2.24) is 5.32 Å². The molecule has 5 fully saturated rings. The third-order valence-electron chi connectivity index (χ3n) is 8.77. The van der Waals surface area contributed by atoms with Crippen LogP contribution >= 0.6 is 11.6 Å². The van der Waals surface area contributed by atoms with Crippen LogP contribution in [0.15, 0.2) is 42.5 Å². The summed E-state index contributed by atoms with van der Waals surface area (Å²) in [6.07, 6.45) is 8.09. The zero-order valence-corrected chi connectivity index (χ0v) is 19.7. The normalized spacial score (nSPS) is 30.2. The van der Waals surface area contributed by atoms with Gasteiger partial charge in [-0.25, -0.2) is 0 Å². The van der Waals surface area contributed by atoms with Crippen molar-refractivity contribution in [3.05, 3.63) is 53.1 Å². The average Bonchev–Trinajstić information content (AvgIpc) is 3.52. The summed E-state index contributed by atoms with van der Waals surface area (Å²) in [6, 6.07) is 14.1. The fraction of sp³-hybridized carbons (Fsp3) is 0.481. The summed E-state index contributed by atoms with van der Waals surface area (Å²) in [5.74, 6) is 2.34. The molecule has 2 aromatic rings. The first-order valence-electron chi connectivity index (χ1n) is 12.1. The van der Waals surface area contributed by atoms with Crippen molar-refractivity contribution in [2.45, 2.75) is 50.4 Å². The fourth-order valence-corrected chi connectivity index (χ4v) is 7.30.